The second-order valence-corrected chi connectivity index (χ2v) is 6.96. The number of carboxylic acids is 1. The van der Waals surface area contributed by atoms with Crippen LogP contribution in [0.3, 0.4) is 0 Å². The van der Waals surface area contributed by atoms with Crippen molar-refractivity contribution < 1.29 is 19.4 Å². The minimum absolute atomic E-state index is 0.0377. The molecule has 1 heterocycles. The van der Waals surface area contributed by atoms with Crippen LogP contribution < -0.4 is 15.0 Å². The number of fused-ring (bicyclic) bond motifs is 1. The van der Waals surface area contributed by atoms with Crippen molar-refractivity contribution >= 4 is 39.6 Å². The number of unbranched alkanes of at least 4 members (excludes halogenated alkanes) is 1. The molecule has 7 nitrogen and oxygen atoms in total. The first-order valence-electron chi connectivity index (χ1n) is 9.38. The number of H-pyrrole nitrogens is 1. The highest BCUT2D eigenvalue weighted by Gasteiger charge is 2.11. The molecule has 156 valence electrons. The van der Waals surface area contributed by atoms with Gasteiger partial charge in [0.2, 0.25) is 0 Å². The van der Waals surface area contributed by atoms with Crippen LogP contribution in [-0.2, 0) is 0 Å². The third-order valence-electron chi connectivity index (χ3n) is 4.42. The van der Waals surface area contributed by atoms with E-state index in [1.165, 1.54) is 18.2 Å². The maximum Gasteiger partial charge on any atom is 0.335 e. The molecule has 0 saturated heterocycles. The summed E-state index contributed by atoms with van der Waals surface area (Å²) in [4.78, 5) is 30.5. The highest BCUT2D eigenvalue weighted by molar-refractivity contribution is 6.50. The van der Waals surface area contributed by atoms with Crippen LogP contribution in [0.25, 0.3) is 22.0 Å². The summed E-state index contributed by atoms with van der Waals surface area (Å²) < 4.78 is 11.1. The number of benzene rings is 2. The fraction of sp³-hybridized carbons (Fsp3) is 0.227. The lowest BCUT2D eigenvalue weighted by molar-refractivity contribution is 0.0697. The zero-order valence-electron chi connectivity index (χ0n) is 16.6. The molecule has 0 unspecified atom stereocenters. The molecule has 0 amide bonds. The van der Waals surface area contributed by atoms with Crippen LogP contribution in [0.4, 0.5) is 0 Å². The van der Waals surface area contributed by atoms with Gasteiger partial charge in [0, 0.05) is 0 Å². The fourth-order valence-corrected chi connectivity index (χ4v) is 3.04. The highest BCUT2D eigenvalue weighted by atomic mass is 35.5. The van der Waals surface area contributed by atoms with Gasteiger partial charge in [0.05, 0.1) is 35.2 Å². The maximum absolute atomic E-state index is 12.4. The van der Waals surface area contributed by atoms with Gasteiger partial charge in [-0.3, -0.25) is 4.79 Å². The molecule has 0 atom stereocenters. The molecule has 0 spiro atoms. The number of ether oxygens (including phenoxy) is 2. The normalized spacial score (nSPS) is 11.5. The molecule has 0 saturated carbocycles. The van der Waals surface area contributed by atoms with Gasteiger partial charge in [-0.15, -0.1) is 0 Å². The van der Waals surface area contributed by atoms with E-state index < -0.39 is 11.5 Å². The van der Waals surface area contributed by atoms with E-state index in [4.69, 9.17) is 26.2 Å². The molecule has 8 heteroatoms. The van der Waals surface area contributed by atoms with Crippen molar-refractivity contribution in [2.75, 3.05) is 13.7 Å². The van der Waals surface area contributed by atoms with Crippen LogP contribution in [0.15, 0.2) is 41.2 Å². The van der Waals surface area contributed by atoms with Gasteiger partial charge in [-0.25, -0.2) is 9.78 Å². The zero-order valence-corrected chi connectivity index (χ0v) is 17.3. The molecular weight excluding hydrogens is 408 g/mol. The number of carboxylic acid groups (broad SMARTS) is 1. The molecule has 2 aromatic carbocycles. The van der Waals surface area contributed by atoms with E-state index in [9.17, 15) is 9.59 Å². The van der Waals surface area contributed by atoms with Crippen molar-refractivity contribution in [2.24, 2.45) is 0 Å². The highest BCUT2D eigenvalue weighted by Crippen LogP contribution is 2.30. The van der Waals surface area contributed by atoms with Crippen molar-refractivity contribution in [3.05, 3.63) is 63.7 Å². The fourth-order valence-electron chi connectivity index (χ4n) is 2.82. The third kappa shape index (κ3) is 4.80. The average Bonchev–Trinajstić information content (AvgIpc) is 2.73. The molecule has 2 N–H and O–H groups in total. The predicted octanol–water partition coefficient (Wildman–Crippen LogP) is 4.55. The number of hydrogen-bond acceptors (Lipinski definition) is 5. The molecule has 30 heavy (non-hydrogen) atoms. The van der Waals surface area contributed by atoms with Crippen LogP contribution >= 0.6 is 11.6 Å². The molecular formula is C22H21ClN2O5. The molecule has 0 aliphatic rings. The van der Waals surface area contributed by atoms with Gasteiger partial charge in [-0.05, 0) is 48.4 Å². The van der Waals surface area contributed by atoms with Gasteiger partial charge >= 0.3 is 5.97 Å². The lowest BCUT2D eigenvalue weighted by Gasteiger charge is -2.11. The Bertz CT molecular complexity index is 1170. The summed E-state index contributed by atoms with van der Waals surface area (Å²) >= 11 is 6.41. The van der Waals surface area contributed by atoms with Gasteiger partial charge in [0.1, 0.15) is 0 Å². The largest absolute Gasteiger partial charge is 0.493 e. The second-order valence-electron chi connectivity index (χ2n) is 6.56. The first-order chi connectivity index (χ1) is 14.4. The van der Waals surface area contributed by atoms with E-state index >= 15 is 0 Å². The van der Waals surface area contributed by atoms with Gasteiger partial charge in [-0.1, -0.05) is 31.0 Å². The van der Waals surface area contributed by atoms with Crippen LogP contribution in [-0.4, -0.2) is 34.8 Å². The number of aromatic nitrogens is 2. The third-order valence-corrected chi connectivity index (χ3v) is 4.70. The van der Waals surface area contributed by atoms with E-state index in [-0.39, 0.29) is 27.3 Å². The van der Waals surface area contributed by atoms with E-state index in [0.717, 1.165) is 18.4 Å². The van der Waals surface area contributed by atoms with Gasteiger partial charge in [0.15, 0.2) is 17.3 Å². The predicted molar refractivity (Wildman–Crippen MR) is 116 cm³/mol. The minimum Gasteiger partial charge on any atom is -0.493 e. The number of aromatic carboxylic acids is 1. The van der Waals surface area contributed by atoms with Crippen LogP contribution in [0.2, 0.25) is 0 Å². The monoisotopic (exact) mass is 428 g/mol. The van der Waals surface area contributed by atoms with Crippen molar-refractivity contribution in [2.45, 2.75) is 19.8 Å². The Morgan fingerprint density at radius 2 is 2.03 bits per heavy atom. The van der Waals surface area contributed by atoms with Crippen molar-refractivity contribution in [3.63, 3.8) is 0 Å². The number of halogens is 1. The van der Waals surface area contributed by atoms with Crippen LogP contribution in [0, 0.1) is 0 Å². The quantitative estimate of drug-likeness (QED) is 0.510. The Morgan fingerprint density at radius 3 is 2.73 bits per heavy atom. The molecule has 3 rings (SSSR count). The van der Waals surface area contributed by atoms with Crippen molar-refractivity contribution in [3.8, 4) is 11.5 Å². The van der Waals surface area contributed by atoms with Gasteiger partial charge in [0.25, 0.3) is 5.56 Å². The number of nitrogens with one attached hydrogen (secondary N) is 1. The molecule has 1 aromatic heterocycles. The summed E-state index contributed by atoms with van der Waals surface area (Å²) in [5, 5.41) is 9.64. The summed E-state index contributed by atoms with van der Waals surface area (Å²) in [5.41, 5.74) is 0.611. The van der Waals surface area contributed by atoms with Crippen molar-refractivity contribution in [1.82, 2.24) is 9.97 Å². The Balaban J connectivity index is 1.98. The van der Waals surface area contributed by atoms with Crippen LogP contribution in [0.1, 0.15) is 41.5 Å². The summed E-state index contributed by atoms with van der Waals surface area (Å²) in [7, 11) is 1.57. The molecule has 0 aliphatic heterocycles. The maximum atomic E-state index is 12.4. The lowest BCUT2D eigenvalue weighted by atomic mass is 10.1. The van der Waals surface area contributed by atoms with E-state index in [1.54, 1.807) is 31.4 Å². The van der Waals surface area contributed by atoms with Crippen LogP contribution in [0.5, 0.6) is 11.5 Å². The first kappa shape index (κ1) is 21.4. The minimum atomic E-state index is -1.10. The summed E-state index contributed by atoms with van der Waals surface area (Å²) in [6.07, 6.45) is 3.57. The zero-order chi connectivity index (χ0) is 21.7. The molecule has 0 aliphatic carbocycles. The molecule has 3 aromatic rings. The number of carbonyl (C=O) groups is 1. The lowest BCUT2D eigenvalue weighted by Crippen LogP contribution is -2.11. The average molecular weight is 429 g/mol. The second kappa shape index (κ2) is 9.45. The Kier molecular flexibility index (Phi) is 6.74. The first-order valence-corrected chi connectivity index (χ1v) is 9.76. The Morgan fingerprint density at radius 1 is 1.23 bits per heavy atom. The number of nitrogens with zero attached hydrogens (tertiary/aromatic N) is 1. The van der Waals surface area contributed by atoms with E-state index in [0.29, 0.717) is 18.1 Å². The number of rotatable bonds is 8. The van der Waals surface area contributed by atoms with Gasteiger partial charge < -0.3 is 19.6 Å². The number of methoxy groups -OCH3 is 1. The molecule has 0 bridgehead atoms. The topological polar surface area (TPSA) is 102 Å². The Labute approximate surface area is 177 Å². The SMILES string of the molecule is CCCCOc1cc(/C=C(\Cl)c2nc3cc(C(=O)O)ccc3c(=O)[nH]2)ccc1OC. The number of aromatic amines is 1. The summed E-state index contributed by atoms with van der Waals surface area (Å²) in [6, 6.07) is 9.49. The summed E-state index contributed by atoms with van der Waals surface area (Å²) in [6.45, 7) is 2.65. The van der Waals surface area contributed by atoms with Gasteiger partial charge in [-0.2, -0.15) is 0 Å². The standard InChI is InChI=1S/C22H21ClN2O5/c1-3-4-9-30-19-11-13(5-8-18(19)29-2)10-16(23)20-24-17-12-14(22(27)28)6-7-15(17)21(26)25-20/h5-8,10-12H,3-4,9H2,1-2H3,(H,27,28)(H,24,25,26)/b16-10-. The van der Waals surface area contributed by atoms with E-state index in [2.05, 4.69) is 16.9 Å². The molecule has 0 fully saturated rings. The number of hydrogen-bond donors (Lipinski definition) is 2. The smallest absolute Gasteiger partial charge is 0.335 e. The molecule has 0 radical (unpaired) electrons. The summed E-state index contributed by atoms with van der Waals surface area (Å²) in [5.74, 6) is 0.241. The van der Waals surface area contributed by atoms with Crippen molar-refractivity contribution in [1.29, 1.82) is 0 Å². The van der Waals surface area contributed by atoms with E-state index in [1.807, 2.05) is 0 Å². The Hall–Kier alpha value is -3.32.